The van der Waals surface area contributed by atoms with Crippen molar-refractivity contribution >= 4 is 51.1 Å². The van der Waals surface area contributed by atoms with Crippen LogP contribution in [0, 0.1) is 0 Å². The van der Waals surface area contributed by atoms with Gasteiger partial charge in [0.15, 0.2) is 11.5 Å². The van der Waals surface area contributed by atoms with Gasteiger partial charge in [-0.25, -0.2) is 19.9 Å². The van der Waals surface area contributed by atoms with Gasteiger partial charge in [-0.15, -0.1) is 0 Å². The molecule has 0 saturated carbocycles. The third-order valence-corrected chi connectivity index (χ3v) is 6.78. The van der Waals surface area contributed by atoms with E-state index in [4.69, 9.17) is 16.6 Å². The van der Waals surface area contributed by atoms with E-state index >= 15 is 0 Å². The maximum atomic E-state index is 12.9. The van der Waals surface area contributed by atoms with Crippen LogP contribution in [-0.2, 0) is 6.42 Å². The number of anilines is 2. The molecule has 1 aliphatic heterocycles. The summed E-state index contributed by atoms with van der Waals surface area (Å²) >= 11 is 6.69. The van der Waals surface area contributed by atoms with Crippen LogP contribution in [-0.4, -0.2) is 78.4 Å². The number of pyridine rings is 1. The molecule has 1 fully saturated rings. The standard InChI is InChI=1S/C25H23ClN10O/c26-18-12-16(3-5-30-23-21-24(32-14-31-21)34-15-33-23)22(20-17(18)2-1-4-29-20)35-8-10-36(11-9-35)25(37)19-13-27-6-7-28-19/h1-2,4,6-7,12-15H,3,5,8-11H2,(H2,30,31,32,33,34). The van der Waals surface area contributed by atoms with E-state index in [1.807, 2.05) is 23.1 Å². The fourth-order valence-electron chi connectivity index (χ4n) is 4.70. The molecule has 2 N–H and O–H groups in total. The first-order valence-electron chi connectivity index (χ1n) is 11.9. The zero-order valence-corrected chi connectivity index (χ0v) is 20.6. The van der Waals surface area contributed by atoms with Gasteiger partial charge in [0.2, 0.25) is 0 Å². The Morgan fingerprint density at radius 2 is 1.95 bits per heavy atom. The zero-order valence-electron chi connectivity index (χ0n) is 19.8. The molecule has 186 valence electrons. The molecule has 6 rings (SSSR count). The fourth-order valence-corrected chi connectivity index (χ4v) is 4.98. The zero-order chi connectivity index (χ0) is 25.2. The first-order valence-corrected chi connectivity index (χ1v) is 12.3. The van der Waals surface area contributed by atoms with Crippen molar-refractivity contribution in [2.24, 2.45) is 0 Å². The van der Waals surface area contributed by atoms with Crippen LogP contribution in [0.1, 0.15) is 16.1 Å². The van der Waals surface area contributed by atoms with Gasteiger partial charge < -0.3 is 20.1 Å². The lowest BCUT2D eigenvalue weighted by Gasteiger charge is -2.37. The lowest BCUT2D eigenvalue weighted by molar-refractivity contribution is 0.0740. The molecule has 37 heavy (non-hydrogen) atoms. The van der Waals surface area contributed by atoms with Gasteiger partial charge in [0, 0.05) is 56.7 Å². The van der Waals surface area contributed by atoms with E-state index in [1.165, 1.54) is 18.7 Å². The average Bonchev–Trinajstić information content (AvgIpc) is 3.44. The topological polar surface area (TPSA) is 129 Å². The van der Waals surface area contributed by atoms with Gasteiger partial charge in [-0.3, -0.25) is 14.8 Å². The number of nitrogens with one attached hydrogen (secondary N) is 2. The Morgan fingerprint density at radius 1 is 1.05 bits per heavy atom. The number of hydrogen-bond acceptors (Lipinski definition) is 9. The molecule has 4 aromatic heterocycles. The highest BCUT2D eigenvalue weighted by Crippen LogP contribution is 2.35. The van der Waals surface area contributed by atoms with E-state index in [2.05, 4.69) is 40.1 Å². The highest BCUT2D eigenvalue weighted by molar-refractivity contribution is 6.36. The Labute approximate surface area is 217 Å². The van der Waals surface area contributed by atoms with Crippen molar-refractivity contribution in [1.29, 1.82) is 0 Å². The molecule has 0 spiro atoms. The molecule has 12 heteroatoms. The lowest BCUT2D eigenvalue weighted by Crippen LogP contribution is -2.49. The molecule has 1 amide bonds. The van der Waals surface area contributed by atoms with Crippen LogP contribution >= 0.6 is 11.6 Å². The van der Waals surface area contributed by atoms with Crippen LogP contribution in [0.25, 0.3) is 22.1 Å². The number of aromatic amines is 1. The SMILES string of the molecule is O=C(c1cnccn1)N1CCN(c2c(CCNc3ncnc4nc[nH]c34)cc(Cl)c3cccnc23)CC1. The first kappa shape index (κ1) is 23.0. The number of benzene rings is 1. The Bertz CT molecular complexity index is 1570. The summed E-state index contributed by atoms with van der Waals surface area (Å²) in [5.74, 6) is 0.594. The van der Waals surface area contributed by atoms with Gasteiger partial charge in [0.05, 0.1) is 28.8 Å². The van der Waals surface area contributed by atoms with Crippen LogP contribution in [0.3, 0.4) is 0 Å². The smallest absolute Gasteiger partial charge is 0.274 e. The number of carbonyl (C=O) groups is 1. The predicted octanol–water partition coefficient (Wildman–Crippen LogP) is 2.96. The summed E-state index contributed by atoms with van der Waals surface area (Å²) in [6.07, 6.45) is 10.2. The van der Waals surface area contributed by atoms with Crippen LogP contribution < -0.4 is 10.2 Å². The number of hydrogen-bond donors (Lipinski definition) is 2. The number of aromatic nitrogens is 7. The number of halogens is 1. The molecule has 5 aromatic rings. The molecule has 0 radical (unpaired) electrons. The van der Waals surface area contributed by atoms with E-state index in [1.54, 1.807) is 18.7 Å². The molecule has 0 bridgehead atoms. The summed E-state index contributed by atoms with van der Waals surface area (Å²) in [6, 6.07) is 5.90. The fraction of sp³-hybridized carbons (Fsp3) is 0.240. The Morgan fingerprint density at radius 3 is 2.78 bits per heavy atom. The largest absolute Gasteiger partial charge is 0.368 e. The number of rotatable bonds is 6. The Balaban J connectivity index is 1.24. The van der Waals surface area contributed by atoms with Gasteiger partial charge in [0.1, 0.15) is 17.5 Å². The van der Waals surface area contributed by atoms with Crippen LogP contribution in [0.5, 0.6) is 0 Å². The van der Waals surface area contributed by atoms with Gasteiger partial charge >= 0.3 is 0 Å². The normalized spacial score (nSPS) is 13.9. The van der Waals surface area contributed by atoms with Crippen molar-refractivity contribution in [2.45, 2.75) is 6.42 Å². The minimum absolute atomic E-state index is 0.105. The molecule has 1 saturated heterocycles. The van der Waals surface area contributed by atoms with Gasteiger partial charge in [-0.2, -0.15) is 0 Å². The van der Waals surface area contributed by atoms with E-state index < -0.39 is 0 Å². The number of amides is 1. The highest BCUT2D eigenvalue weighted by Gasteiger charge is 2.26. The maximum Gasteiger partial charge on any atom is 0.274 e. The van der Waals surface area contributed by atoms with Gasteiger partial charge in [-0.1, -0.05) is 11.6 Å². The molecule has 5 heterocycles. The molecular weight excluding hydrogens is 492 g/mol. The second-order valence-corrected chi connectivity index (χ2v) is 9.04. The third kappa shape index (κ3) is 4.49. The summed E-state index contributed by atoms with van der Waals surface area (Å²) in [5, 5.41) is 4.96. The molecule has 1 aromatic carbocycles. The van der Waals surface area contributed by atoms with Crippen LogP contribution in [0.15, 0.2) is 55.6 Å². The summed E-state index contributed by atoms with van der Waals surface area (Å²) in [7, 11) is 0. The van der Waals surface area contributed by atoms with E-state index in [-0.39, 0.29) is 5.91 Å². The molecule has 0 aliphatic carbocycles. The highest BCUT2D eigenvalue weighted by atomic mass is 35.5. The number of imidazole rings is 1. The second-order valence-electron chi connectivity index (χ2n) is 8.64. The van der Waals surface area contributed by atoms with Gasteiger partial charge in [-0.05, 0) is 30.2 Å². The molecule has 0 unspecified atom stereocenters. The Hall–Kier alpha value is -4.38. The van der Waals surface area contributed by atoms with E-state index in [0.717, 1.165) is 27.7 Å². The Kier molecular flexibility index (Phi) is 6.19. The maximum absolute atomic E-state index is 12.9. The van der Waals surface area contributed by atoms with Crippen molar-refractivity contribution < 1.29 is 4.79 Å². The number of fused-ring (bicyclic) bond motifs is 2. The van der Waals surface area contributed by atoms with Crippen molar-refractivity contribution in [3.8, 4) is 0 Å². The second kappa shape index (κ2) is 9.94. The lowest BCUT2D eigenvalue weighted by atomic mass is 10.0. The number of carbonyl (C=O) groups excluding carboxylic acids is 1. The monoisotopic (exact) mass is 514 g/mol. The van der Waals surface area contributed by atoms with Crippen molar-refractivity contribution in [3.05, 3.63) is 71.9 Å². The van der Waals surface area contributed by atoms with Crippen LogP contribution in [0.4, 0.5) is 11.5 Å². The quantitative estimate of drug-likeness (QED) is 0.351. The van der Waals surface area contributed by atoms with E-state index in [9.17, 15) is 4.79 Å². The minimum Gasteiger partial charge on any atom is -0.368 e. The molecule has 11 nitrogen and oxygen atoms in total. The van der Waals surface area contributed by atoms with Gasteiger partial charge in [0.25, 0.3) is 5.91 Å². The number of piperazine rings is 1. The molecule has 0 atom stereocenters. The summed E-state index contributed by atoms with van der Waals surface area (Å²) < 4.78 is 0. The van der Waals surface area contributed by atoms with Crippen molar-refractivity contribution in [3.63, 3.8) is 0 Å². The van der Waals surface area contributed by atoms with Crippen molar-refractivity contribution in [1.82, 2.24) is 39.8 Å². The first-order chi connectivity index (χ1) is 18.2. The summed E-state index contributed by atoms with van der Waals surface area (Å²) in [5.41, 5.74) is 4.72. The summed E-state index contributed by atoms with van der Waals surface area (Å²) in [6.45, 7) is 3.10. The van der Waals surface area contributed by atoms with E-state index in [0.29, 0.717) is 61.3 Å². The predicted molar refractivity (Wildman–Crippen MR) is 141 cm³/mol. The average molecular weight is 515 g/mol. The summed E-state index contributed by atoms with van der Waals surface area (Å²) in [4.78, 5) is 45.6. The molecular formula is C25H23ClN10O. The molecule has 1 aliphatic rings. The third-order valence-electron chi connectivity index (χ3n) is 6.47. The number of nitrogens with zero attached hydrogens (tertiary/aromatic N) is 8. The number of H-pyrrole nitrogens is 1. The van der Waals surface area contributed by atoms with Crippen molar-refractivity contribution in [2.75, 3.05) is 42.9 Å². The minimum atomic E-state index is -0.105. The van der Waals surface area contributed by atoms with Crippen LogP contribution in [0.2, 0.25) is 5.02 Å².